The Morgan fingerprint density at radius 1 is 1.41 bits per heavy atom. The number of rotatable bonds is 3. The third-order valence-electron chi connectivity index (χ3n) is 3.57. The quantitative estimate of drug-likeness (QED) is 0.653. The van der Waals surface area contributed by atoms with Crippen molar-refractivity contribution < 1.29 is 0 Å². The van der Waals surface area contributed by atoms with Gasteiger partial charge in [-0.15, -0.1) is 0 Å². The van der Waals surface area contributed by atoms with Crippen LogP contribution in [-0.2, 0) is 0 Å². The van der Waals surface area contributed by atoms with Crippen molar-refractivity contribution in [3.63, 3.8) is 0 Å². The molecule has 1 heterocycles. The lowest BCUT2D eigenvalue weighted by molar-refractivity contribution is 0.424. The second-order valence-corrected chi connectivity index (χ2v) is 5.23. The van der Waals surface area contributed by atoms with Crippen molar-refractivity contribution in [2.45, 2.75) is 47.5 Å². The van der Waals surface area contributed by atoms with Crippen molar-refractivity contribution in [3.05, 3.63) is 35.6 Å². The van der Waals surface area contributed by atoms with E-state index >= 15 is 0 Å². The Morgan fingerprint density at radius 2 is 2.12 bits per heavy atom. The molecule has 1 aliphatic rings. The van der Waals surface area contributed by atoms with Crippen LogP contribution in [0.15, 0.2) is 40.6 Å². The van der Waals surface area contributed by atoms with Gasteiger partial charge in [-0.2, -0.15) is 0 Å². The van der Waals surface area contributed by atoms with Gasteiger partial charge in [0.25, 0.3) is 0 Å². The van der Waals surface area contributed by atoms with E-state index in [-0.39, 0.29) is 5.41 Å². The molecule has 0 spiro atoms. The zero-order valence-corrected chi connectivity index (χ0v) is 11.8. The third kappa shape index (κ3) is 3.42. The van der Waals surface area contributed by atoms with Gasteiger partial charge in [-0.05, 0) is 24.8 Å². The number of aliphatic imine (C=N–C) groups is 1. The van der Waals surface area contributed by atoms with Crippen LogP contribution in [0, 0.1) is 11.3 Å². The number of hydrogen-bond donors (Lipinski definition) is 0. The molecule has 0 fully saturated rings. The number of allylic oxidation sites excluding steroid dienone is 4. The molecule has 0 N–H and O–H groups in total. The van der Waals surface area contributed by atoms with Crippen LogP contribution < -0.4 is 0 Å². The Morgan fingerprint density at radius 3 is 2.65 bits per heavy atom. The molecule has 0 aromatic rings. The minimum absolute atomic E-state index is 0.0655. The van der Waals surface area contributed by atoms with Gasteiger partial charge in [0.15, 0.2) is 0 Å². The Hall–Kier alpha value is -1.11. The molecule has 94 valence electrons. The standard InChI is InChI=1S/C16H25N/c1-6-8-9-14-10-11-16(5,13(3)4)12-17-15(14)7-2/h7,9-13H,6,8H2,1-5H3/b14-9-,15-7+. The summed E-state index contributed by atoms with van der Waals surface area (Å²) in [7, 11) is 0. The van der Waals surface area contributed by atoms with Crippen molar-refractivity contribution in [1.29, 1.82) is 0 Å². The van der Waals surface area contributed by atoms with Gasteiger partial charge in [0.05, 0.1) is 5.70 Å². The first-order valence-corrected chi connectivity index (χ1v) is 6.64. The topological polar surface area (TPSA) is 12.4 Å². The lowest BCUT2D eigenvalue weighted by Crippen LogP contribution is -2.21. The number of nitrogens with zero attached hydrogens (tertiary/aromatic N) is 1. The fraction of sp³-hybridized carbons (Fsp3) is 0.562. The highest BCUT2D eigenvalue weighted by Gasteiger charge is 2.24. The SMILES string of the molecule is C/C=C1/N=CC(C)(C(C)C)C=C/C1=C/CCC. The monoisotopic (exact) mass is 231 g/mol. The molecule has 0 saturated carbocycles. The molecule has 0 aliphatic carbocycles. The first-order chi connectivity index (χ1) is 8.03. The normalized spacial score (nSPS) is 29.3. The fourth-order valence-corrected chi connectivity index (χ4v) is 1.74. The van der Waals surface area contributed by atoms with E-state index in [9.17, 15) is 0 Å². The van der Waals surface area contributed by atoms with E-state index in [1.165, 1.54) is 12.0 Å². The van der Waals surface area contributed by atoms with Crippen molar-refractivity contribution in [2.24, 2.45) is 16.3 Å². The molecule has 1 rings (SSSR count). The average Bonchev–Trinajstić information content (AvgIpc) is 2.47. The van der Waals surface area contributed by atoms with E-state index in [0.29, 0.717) is 5.92 Å². The molecule has 0 saturated heterocycles. The summed E-state index contributed by atoms with van der Waals surface area (Å²) in [6.45, 7) is 11.0. The summed E-state index contributed by atoms with van der Waals surface area (Å²) in [5, 5.41) is 0. The molecule has 0 bridgehead atoms. The fourth-order valence-electron chi connectivity index (χ4n) is 1.74. The number of unbranched alkanes of at least 4 members (excludes halogenated alkanes) is 1. The van der Waals surface area contributed by atoms with Crippen LogP contribution in [0.25, 0.3) is 0 Å². The molecule has 0 aromatic heterocycles. The lowest BCUT2D eigenvalue weighted by atomic mass is 9.80. The van der Waals surface area contributed by atoms with Crippen LogP contribution >= 0.6 is 0 Å². The third-order valence-corrected chi connectivity index (χ3v) is 3.57. The Balaban J connectivity index is 3.10. The molecule has 1 heteroatoms. The van der Waals surface area contributed by atoms with E-state index < -0.39 is 0 Å². The summed E-state index contributed by atoms with van der Waals surface area (Å²) < 4.78 is 0. The summed E-state index contributed by atoms with van der Waals surface area (Å²) in [4.78, 5) is 4.66. The van der Waals surface area contributed by atoms with Crippen molar-refractivity contribution in [2.75, 3.05) is 0 Å². The van der Waals surface area contributed by atoms with Gasteiger partial charge >= 0.3 is 0 Å². The predicted octanol–water partition coefficient (Wildman–Crippen LogP) is 4.92. The van der Waals surface area contributed by atoms with E-state index in [2.05, 4.69) is 70.1 Å². The Kier molecular flexibility index (Phi) is 4.92. The largest absolute Gasteiger partial charge is 0.260 e. The van der Waals surface area contributed by atoms with E-state index in [1.54, 1.807) is 0 Å². The first kappa shape index (κ1) is 14.0. The molecule has 0 aromatic carbocycles. The van der Waals surface area contributed by atoms with E-state index in [4.69, 9.17) is 0 Å². The zero-order chi connectivity index (χ0) is 12.9. The van der Waals surface area contributed by atoms with Gasteiger partial charge < -0.3 is 0 Å². The second kappa shape index (κ2) is 6.00. The number of hydrogen-bond acceptors (Lipinski definition) is 1. The first-order valence-electron chi connectivity index (χ1n) is 6.64. The summed E-state index contributed by atoms with van der Waals surface area (Å²) in [5.41, 5.74) is 2.42. The van der Waals surface area contributed by atoms with Crippen LogP contribution in [-0.4, -0.2) is 6.21 Å². The molecule has 0 radical (unpaired) electrons. The van der Waals surface area contributed by atoms with Gasteiger partial charge in [-0.3, -0.25) is 4.99 Å². The minimum atomic E-state index is 0.0655. The van der Waals surface area contributed by atoms with Crippen LogP contribution in [0.1, 0.15) is 47.5 Å². The maximum Gasteiger partial charge on any atom is 0.0652 e. The zero-order valence-electron chi connectivity index (χ0n) is 11.8. The van der Waals surface area contributed by atoms with Crippen LogP contribution in [0.4, 0.5) is 0 Å². The average molecular weight is 231 g/mol. The molecule has 17 heavy (non-hydrogen) atoms. The smallest absolute Gasteiger partial charge is 0.0652 e. The highest BCUT2D eigenvalue weighted by molar-refractivity contribution is 5.72. The van der Waals surface area contributed by atoms with Crippen molar-refractivity contribution >= 4 is 6.21 Å². The molecule has 1 aliphatic heterocycles. The van der Waals surface area contributed by atoms with Gasteiger partial charge in [0, 0.05) is 11.6 Å². The second-order valence-electron chi connectivity index (χ2n) is 5.23. The molecule has 0 amide bonds. The molecule has 1 unspecified atom stereocenters. The maximum absolute atomic E-state index is 4.66. The van der Waals surface area contributed by atoms with Gasteiger partial charge in [0.2, 0.25) is 0 Å². The Labute approximate surface area is 106 Å². The Bertz CT molecular complexity index is 369. The molecule has 1 nitrogen and oxygen atoms in total. The minimum Gasteiger partial charge on any atom is -0.260 e. The van der Waals surface area contributed by atoms with Crippen LogP contribution in [0.2, 0.25) is 0 Å². The van der Waals surface area contributed by atoms with Gasteiger partial charge in [-0.1, -0.05) is 58.4 Å². The summed E-state index contributed by atoms with van der Waals surface area (Å²) in [6.07, 6.45) is 13.3. The summed E-state index contributed by atoms with van der Waals surface area (Å²) >= 11 is 0. The van der Waals surface area contributed by atoms with Gasteiger partial charge in [0.1, 0.15) is 0 Å². The molecular formula is C16H25N. The van der Waals surface area contributed by atoms with E-state index in [1.807, 2.05) is 0 Å². The van der Waals surface area contributed by atoms with Crippen LogP contribution in [0.5, 0.6) is 0 Å². The molecular weight excluding hydrogens is 206 g/mol. The summed E-state index contributed by atoms with van der Waals surface area (Å²) in [6, 6.07) is 0. The highest BCUT2D eigenvalue weighted by Crippen LogP contribution is 2.31. The highest BCUT2D eigenvalue weighted by atomic mass is 14.8. The maximum atomic E-state index is 4.66. The van der Waals surface area contributed by atoms with Crippen molar-refractivity contribution in [1.82, 2.24) is 0 Å². The van der Waals surface area contributed by atoms with Crippen molar-refractivity contribution in [3.8, 4) is 0 Å². The predicted molar refractivity (Wildman–Crippen MR) is 77.3 cm³/mol. The lowest BCUT2D eigenvalue weighted by Gasteiger charge is -2.24. The molecule has 1 atom stereocenters. The van der Waals surface area contributed by atoms with Crippen LogP contribution in [0.3, 0.4) is 0 Å². The van der Waals surface area contributed by atoms with Gasteiger partial charge in [-0.25, -0.2) is 0 Å². The van der Waals surface area contributed by atoms with E-state index in [0.717, 1.165) is 12.1 Å². The summed E-state index contributed by atoms with van der Waals surface area (Å²) in [5.74, 6) is 0.561.